The van der Waals surface area contributed by atoms with Crippen LogP contribution in [-0.2, 0) is 23.5 Å². The number of carbonyl (C=O) groups is 2. The fourth-order valence-electron chi connectivity index (χ4n) is 7.36. The Bertz CT molecular complexity index is 2400. The Hall–Kier alpha value is -5.88. The minimum atomic E-state index is -1.80. The van der Waals surface area contributed by atoms with Crippen LogP contribution in [0.2, 0.25) is 0 Å². The zero-order chi connectivity index (χ0) is 38.1. The number of benzene rings is 5. The van der Waals surface area contributed by atoms with E-state index in [0.29, 0.717) is 58.3 Å². The Morgan fingerprint density at radius 3 is 2.38 bits per heavy atom. The van der Waals surface area contributed by atoms with Gasteiger partial charge in [-0.2, -0.15) is 0 Å². The molecular weight excluding hydrogens is 758 g/mol. The number of carbonyl (C=O) groups excluding carboxylic acids is 2. The average molecular weight is 797 g/mol. The summed E-state index contributed by atoms with van der Waals surface area (Å²) < 4.78 is 8.65. The molecule has 6 aromatic rings. The lowest BCUT2D eigenvalue weighted by molar-refractivity contribution is -0.139. The molecule has 0 bridgehead atoms. The Labute approximate surface area is 327 Å². The van der Waals surface area contributed by atoms with E-state index in [1.54, 1.807) is 26.6 Å². The third-order valence-corrected chi connectivity index (χ3v) is 10.8. The molecule has 5 aromatic carbocycles. The Morgan fingerprint density at radius 1 is 0.873 bits per heavy atom. The molecule has 10 nitrogen and oxygen atoms in total. The topological polar surface area (TPSA) is 121 Å². The highest BCUT2D eigenvalue weighted by Gasteiger charge is 2.52. The predicted molar refractivity (Wildman–Crippen MR) is 213 cm³/mol. The number of allylic oxidation sites excluding steroid dienone is 1. The Balaban J connectivity index is 0.986. The van der Waals surface area contributed by atoms with Gasteiger partial charge in [-0.05, 0) is 72.1 Å². The lowest BCUT2D eigenvalue weighted by Gasteiger charge is -2.28. The molecule has 3 heterocycles. The highest BCUT2D eigenvalue weighted by atomic mass is 79.9. The predicted octanol–water partition coefficient (Wildman–Crippen LogP) is 8.27. The molecule has 1 aromatic heterocycles. The van der Waals surface area contributed by atoms with Gasteiger partial charge in [0.25, 0.3) is 11.8 Å². The van der Waals surface area contributed by atoms with Gasteiger partial charge in [0.2, 0.25) is 0 Å². The number of anilines is 3. The van der Waals surface area contributed by atoms with Crippen molar-refractivity contribution >= 4 is 44.8 Å². The fraction of sp³-hybridized carbons (Fsp3) is 0.182. The normalized spacial score (nSPS) is 17.4. The summed E-state index contributed by atoms with van der Waals surface area (Å²) in [6, 6.07) is 37.4. The number of halogens is 1. The molecule has 0 saturated heterocycles. The first-order valence-corrected chi connectivity index (χ1v) is 18.9. The van der Waals surface area contributed by atoms with Crippen LogP contribution in [0.15, 0.2) is 144 Å². The van der Waals surface area contributed by atoms with E-state index in [4.69, 9.17) is 4.74 Å². The number of hydrogen-bond donors (Lipinski definition) is 2. The van der Waals surface area contributed by atoms with Gasteiger partial charge in [-0.15, -0.1) is 5.10 Å². The first kappa shape index (κ1) is 36.1. The third kappa shape index (κ3) is 6.75. The zero-order valence-electron chi connectivity index (χ0n) is 30.0. The monoisotopic (exact) mass is 795 g/mol. The number of aryl methyl sites for hydroxylation is 1. The van der Waals surface area contributed by atoms with Gasteiger partial charge in [0.1, 0.15) is 5.75 Å². The molecule has 1 unspecified atom stereocenters. The van der Waals surface area contributed by atoms with Crippen LogP contribution in [0.5, 0.6) is 11.5 Å². The van der Waals surface area contributed by atoms with E-state index in [1.807, 2.05) is 134 Å². The van der Waals surface area contributed by atoms with E-state index in [1.165, 1.54) is 0 Å². The molecule has 2 N–H and O–H groups in total. The molecule has 0 saturated carbocycles. The van der Waals surface area contributed by atoms with Crippen LogP contribution in [0.25, 0.3) is 0 Å². The molecule has 0 radical (unpaired) electrons. The summed E-state index contributed by atoms with van der Waals surface area (Å²) in [6.45, 7) is 2.52. The molecule has 55 heavy (non-hydrogen) atoms. The number of nitrogens with zero attached hydrogens (tertiary/aromatic N) is 5. The Kier molecular flexibility index (Phi) is 9.91. The first-order chi connectivity index (χ1) is 26.8. The molecule has 0 fully saturated rings. The van der Waals surface area contributed by atoms with Crippen LogP contribution < -0.4 is 14.5 Å². The second-order valence-corrected chi connectivity index (χ2v) is 14.7. The van der Waals surface area contributed by atoms with Crippen molar-refractivity contribution in [2.45, 2.75) is 38.0 Å². The summed E-state index contributed by atoms with van der Waals surface area (Å²) in [6.07, 6.45) is 6.25. The Morgan fingerprint density at radius 2 is 1.60 bits per heavy atom. The molecule has 2 aliphatic rings. The van der Waals surface area contributed by atoms with Gasteiger partial charge in [0.15, 0.2) is 11.4 Å². The van der Waals surface area contributed by atoms with Crippen molar-refractivity contribution in [3.63, 3.8) is 0 Å². The molecule has 3 atom stereocenters. The van der Waals surface area contributed by atoms with E-state index in [0.717, 1.165) is 15.6 Å². The van der Waals surface area contributed by atoms with Crippen molar-refractivity contribution in [2.24, 2.45) is 5.92 Å². The van der Waals surface area contributed by atoms with Crippen LogP contribution in [0.1, 0.15) is 52.0 Å². The van der Waals surface area contributed by atoms with Gasteiger partial charge in [-0.25, -0.2) is 0 Å². The highest BCUT2D eigenvalue weighted by molar-refractivity contribution is 9.10. The summed E-state index contributed by atoms with van der Waals surface area (Å²) in [4.78, 5) is 31.4. The number of para-hydroxylation sites is 3. The minimum Gasteiger partial charge on any atom is -0.454 e. The maximum absolute atomic E-state index is 14.3. The molecule has 0 aliphatic carbocycles. The number of fused-ring (bicyclic) bond motifs is 3. The molecule has 2 amide bonds. The van der Waals surface area contributed by atoms with Gasteiger partial charge in [0.05, 0.1) is 41.7 Å². The van der Waals surface area contributed by atoms with Crippen LogP contribution >= 0.6 is 15.9 Å². The van der Waals surface area contributed by atoms with Crippen LogP contribution in [-0.4, -0.2) is 43.6 Å². The summed E-state index contributed by atoms with van der Waals surface area (Å²) >= 11 is 3.54. The molecule has 2 aliphatic heterocycles. The summed E-state index contributed by atoms with van der Waals surface area (Å²) in [7, 11) is 0. The maximum atomic E-state index is 14.3. The third-order valence-electron chi connectivity index (χ3n) is 10.3. The van der Waals surface area contributed by atoms with Gasteiger partial charge in [-0.1, -0.05) is 107 Å². The minimum absolute atomic E-state index is 0.0768. The van der Waals surface area contributed by atoms with Crippen molar-refractivity contribution in [2.75, 3.05) is 16.4 Å². The number of aromatic nitrogens is 3. The standard InChI is InChI=1S/C44H38BrN5O5/c1-29(11-9-10-24-48-27-37(46-47-48)35(28-51)31-12-3-2-4-13-31)44(54)36-25-32(45)20-23-38(36)49(43(44)53)26-30-18-21-33(22-19-30)50-39-15-6-8-17-41(39)55-40-16-7-5-14-34(40)42(50)52/h2-9,11-23,25,27,29,35,51,54H,10,24,26,28H2,1H3/b11-9+/t29-,35?,44+/m0/s1. The maximum Gasteiger partial charge on any atom is 0.266 e. The molecule has 0 spiro atoms. The van der Waals surface area contributed by atoms with Crippen molar-refractivity contribution in [1.29, 1.82) is 0 Å². The molecule has 276 valence electrons. The fourth-order valence-corrected chi connectivity index (χ4v) is 7.72. The van der Waals surface area contributed by atoms with E-state index in [2.05, 4.69) is 26.2 Å². The van der Waals surface area contributed by atoms with E-state index >= 15 is 0 Å². The van der Waals surface area contributed by atoms with Crippen molar-refractivity contribution in [3.05, 3.63) is 172 Å². The molecule has 11 heteroatoms. The van der Waals surface area contributed by atoms with Crippen molar-refractivity contribution in [3.8, 4) is 11.5 Å². The molecular formula is C44H38BrN5O5. The van der Waals surface area contributed by atoms with Crippen molar-refractivity contribution < 1.29 is 24.5 Å². The van der Waals surface area contributed by atoms with Gasteiger partial charge in [-0.3, -0.25) is 19.2 Å². The average Bonchev–Trinajstić information content (AvgIpc) is 3.71. The summed E-state index contributed by atoms with van der Waals surface area (Å²) in [5, 5.41) is 30.8. The summed E-state index contributed by atoms with van der Waals surface area (Å²) in [5.74, 6) is -0.373. The van der Waals surface area contributed by atoms with E-state index in [-0.39, 0.29) is 25.0 Å². The quantitative estimate of drug-likeness (QED) is 0.127. The highest BCUT2D eigenvalue weighted by Crippen LogP contribution is 2.47. The summed E-state index contributed by atoms with van der Waals surface area (Å²) in [5.41, 5.74) is 3.59. The zero-order valence-corrected chi connectivity index (χ0v) is 31.6. The number of amides is 2. The van der Waals surface area contributed by atoms with Crippen LogP contribution in [0, 0.1) is 5.92 Å². The van der Waals surface area contributed by atoms with Crippen LogP contribution in [0.3, 0.4) is 0 Å². The lowest BCUT2D eigenvalue weighted by Crippen LogP contribution is -2.44. The SMILES string of the molecule is C[C@@H](/C=C/CCn1cc(C(CO)c2ccccc2)nn1)[C@]1(O)C(=O)N(Cc2ccc(N3C(=O)c4ccccc4Oc4ccccc43)cc2)c2ccc(Br)cc21. The number of hydrogen-bond acceptors (Lipinski definition) is 7. The van der Waals surface area contributed by atoms with Gasteiger partial charge < -0.3 is 19.8 Å². The smallest absolute Gasteiger partial charge is 0.266 e. The first-order valence-electron chi connectivity index (χ1n) is 18.1. The second kappa shape index (κ2) is 15.1. The number of rotatable bonds is 11. The number of aliphatic hydroxyl groups excluding tert-OH is 1. The van der Waals surface area contributed by atoms with Gasteiger partial charge in [0, 0.05) is 34.4 Å². The van der Waals surface area contributed by atoms with Gasteiger partial charge >= 0.3 is 0 Å². The van der Waals surface area contributed by atoms with E-state index < -0.39 is 17.4 Å². The van der Waals surface area contributed by atoms with Crippen LogP contribution in [0.4, 0.5) is 17.1 Å². The lowest BCUT2D eigenvalue weighted by atomic mass is 9.83. The molecule has 8 rings (SSSR count). The van der Waals surface area contributed by atoms with E-state index in [9.17, 15) is 19.8 Å². The van der Waals surface area contributed by atoms with Crippen molar-refractivity contribution in [1.82, 2.24) is 15.0 Å². The number of ether oxygens (including phenoxy) is 1. The second-order valence-electron chi connectivity index (χ2n) is 13.7. The number of aliphatic hydroxyl groups is 2. The largest absolute Gasteiger partial charge is 0.454 e.